The maximum Gasteiger partial charge on any atom is 0.251 e. The molecule has 2 aliphatic rings. The third-order valence-corrected chi connectivity index (χ3v) is 7.22. The van der Waals surface area contributed by atoms with Crippen molar-refractivity contribution in [3.05, 3.63) is 96.3 Å². The first-order valence-electron chi connectivity index (χ1n) is 12.3. The van der Waals surface area contributed by atoms with Crippen LogP contribution in [0.5, 0.6) is 0 Å². The maximum atomic E-state index is 13.1. The Morgan fingerprint density at radius 1 is 0.857 bits per heavy atom. The molecule has 4 aromatic rings. The Hall–Kier alpha value is -4.06. The number of rotatable bonds is 5. The van der Waals surface area contributed by atoms with Crippen molar-refractivity contribution in [2.75, 3.05) is 40.9 Å². The number of benzene rings is 3. The van der Waals surface area contributed by atoms with E-state index in [1.807, 2.05) is 23.1 Å². The zero-order valence-corrected chi connectivity index (χ0v) is 19.9. The molecule has 1 amide bonds. The summed E-state index contributed by atoms with van der Waals surface area (Å²) < 4.78 is 0. The van der Waals surface area contributed by atoms with Gasteiger partial charge in [-0.1, -0.05) is 37.3 Å². The van der Waals surface area contributed by atoms with E-state index in [9.17, 15) is 4.79 Å². The summed E-state index contributed by atoms with van der Waals surface area (Å²) in [6.45, 7) is 6.12. The maximum absolute atomic E-state index is 13.1. The molecule has 1 fully saturated rings. The summed E-state index contributed by atoms with van der Waals surface area (Å²) in [5.74, 6) is 0.0341. The first kappa shape index (κ1) is 21.5. The highest BCUT2D eigenvalue weighted by atomic mass is 16.2. The summed E-state index contributed by atoms with van der Waals surface area (Å²) in [6, 6.07) is 25.3. The number of anilines is 3. The minimum atomic E-state index is -0.0863. The zero-order chi connectivity index (χ0) is 23.8. The van der Waals surface area contributed by atoms with Gasteiger partial charge < -0.3 is 14.8 Å². The molecule has 1 aromatic heterocycles. The van der Waals surface area contributed by atoms with Gasteiger partial charge in [-0.05, 0) is 60.0 Å². The van der Waals surface area contributed by atoms with E-state index in [2.05, 4.69) is 81.3 Å². The quantitative estimate of drug-likeness (QED) is 0.436. The molecule has 1 unspecified atom stereocenters. The normalized spacial score (nSPS) is 18.4. The Bertz CT molecular complexity index is 1370. The van der Waals surface area contributed by atoms with E-state index in [4.69, 9.17) is 0 Å². The lowest BCUT2D eigenvalue weighted by Crippen LogP contribution is -2.46. The van der Waals surface area contributed by atoms with E-state index >= 15 is 0 Å². The number of H-pyrrole nitrogens is 1. The number of aromatic nitrogens is 2. The second kappa shape index (κ2) is 8.95. The van der Waals surface area contributed by atoms with Gasteiger partial charge in [0.15, 0.2) is 0 Å². The van der Waals surface area contributed by atoms with Gasteiger partial charge in [0, 0.05) is 49.3 Å². The van der Waals surface area contributed by atoms with Crippen molar-refractivity contribution >= 4 is 34.0 Å². The Morgan fingerprint density at radius 3 is 2.20 bits per heavy atom. The van der Waals surface area contributed by atoms with Crippen molar-refractivity contribution in [2.24, 2.45) is 0 Å². The molecule has 6 rings (SSSR count). The van der Waals surface area contributed by atoms with Gasteiger partial charge in [0.2, 0.25) is 0 Å². The summed E-state index contributed by atoms with van der Waals surface area (Å²) in [5, 5.41) is 0. The smallest absolute Gasteiger partial charge is 0.251 e. The van der Waals surface area contributed by atoms with Gasteiger partial charge in [0.05, 0.1) is 23.4 Å². The van der Waals surface area contributed by atoms with Crippen LogP contribution in [0.15, 0.2) is 90.8 Å². The van der Waals surface area contributed by atoms with Crippen LogP contribution in [0, 0.1) is 0 Å². The molecular formula is C29H29N5O. The van der Waals surface area contributed by atoms with E-state index in [1.54, 1.807) is 12.4 Å². The molecule has 1 saturated heterocycles. The lowest BCUT2D eigenvalue weighted by Gasteiger charge is -2.37. The first-order valence-corrected chi connectivity index (χ1v) is 12.3. The van der Waals surface area contributed by atoms with Gasteiger partial charge in [0.25, 0.3) is 5.91 Å². The van der Waals surface area contributed by atoms with E-state index < -0.39 is 0 Å². The number of carbonyl (C=O) groups excluding carboxylic acids is 1. The SMILES string of the molecule is CCC1=CC(=O)N(c2ccc3nc[nH]c3c2)C1c1ccc(N2CCN(c3ccccc3)CC2)cc1. The Labute approximate surface area is 205 Å². The topological polar surface area (TPSA) is 55.5 Å². The fourth-order valence-electron chi connectivity index (χ4n) is 5.34. The van der Waals surface area contributed by atoms with Gasteiger partial charge in [-0.3, -0.25) is 9.69 Å². The highest BCUT2D eigenvalue weighted by Crippen LogP contribution is 2.40. The third-order valence-electron chi connectivity index (χ3n) is 7.22. The van der Waals surface area contributed by atoms with Gasteiger partial charge >= 0.3 is 0 Å². The van der Waals surface area contributed by atoms with Crippen LogP contribution in [0.4, 0.5) is 17.1 Å². The minimum Gasteiger partial charge on any atom is -0.368 e. The lowest BCUT2D eigenvalue weighted by molar-refractivity contribution is -0.113. The second-order valence-electron chi connectivity index (χ2n) is 9.19. The average Bonchev–Trinajstić information content (AvgIpc) is 3.52. The number of nitrogens with zero attached hydrogens (tertiary/aromatic N) is 4. The number of hydrogen-bond acceptors (Lipinski definition) is 4. The highest BCUT2D eigenvalue weighted by molar-refractivity contribution is 6.07. The minimum absolute atomic E-state index is 0.0341. The van der Waals surface area contributed by atoms with E-state index in [0.717, 1.165) is 60.5 Å². The number of amides is 1. The number of nitrogens with one attached hydrogen (secondary N) is 1. The standard InChI is InChI=1S/C29H29N5O/c1-2-21-18-28(35)34(25-12-13-26-27(19-25)31-20-30-26)29(21)22-8-10-24(11-9-22)33-16-14-32(15-17-33)23-6-4-3-5-7-23/h3-13,18-20,29H,2,14-17H2,1H3,(H,30,31). The van der Waals surface area contributed by atoms with Crippen LogP contribution < -0.4 is 14.7 Å². The molecule has 0 radical (unpaired) electrons. The molecule has 3 aromatic carbocycles. The van der Waals surface area contributed by atoms with Crippen molar-refractivity contribution in [3.63, 3.8) is 0 Å². The number of hydrogen-bond donors (Lipinski definition) is 1. The molecule has 6 nitrogen and oxygen atoms in total. The average molecular weight is 464 g/mol. The molecule has 0 saturated carbocycles. The fraction of sp³-hybridized carbons (Fsp3) is 0.241. The molecule has 1 N–H and O–H groups in total. The van der Waals surface area contributed by atoms with Crippen molar-refractivity contribution in [3.8, 4) is 0 Å². The molecule has 2 aliphatic heterocycles. The molecule has 6 heteroatoms. The van der Waals surface area contributed by atoms with Crippen molar-refractivity contribution in [1.82, 2.24) is 9.97 Å². The van der Waals surface area contributed by atoms with Gasteiger partial charge in [-0.15, -0.1) is 0 Å². The predicted molar refractivity (Wildman–Crippen MR) is 142 cm³/mol. The second-order valence-corrected chi connectivity index (χ2v) is 9.19. The number of para-hydroxylation sites is 1. The lowest BCUT2D eigenvalue weighted by atomic mass is 9.97. The monoisotopic (exact) mass is 463 g/mol. The predicted octanol–water partition coefficient (Wildman–Crippen LogP) is 5.31. The largest absolute Gasteiger partial charge is 0.368 e. The number of fused-ring (bicyclic) bond motifs is 1. The summed E-state index contributed by atoms with van der Waals surface area (Å²) >= 11 is 0. The Kier molecular flexibility index (Phi) is 5.49. The zero-order valence-electron chi connectivity index (χ0n) is 19.9. The van der Waals surface area contributed by atoms with Crippen LogP contribution in [0.3, 0.4) is 0 Å². The molecule has 35 heavy (non-hydrogen) atoms. The first-order chi connectivity index (χ1) is 17.2. The van der Waals surface area contributed by atoms with Crippen LogP contribution in [0.1, 0.15) is 24.9 Å². The molecule has 3 heterocycles. The van der Waals surface area contributed by atoms with Crippen LogP contribution >= 0.6 is 0 Å². The van der Waals surface area contributed by atoms with Crippen molar-refractivity contribution in [1.29, 1.82) is 0 Å². The van der Waals surface area contributed by atoms with Crippen LogP contribution in [0.25, 0.3) is 11.0 Å². The summed E-state index contributed by atoms with van der Waals surface area (Å²) in [5.41, 5.74) is 7.53. The van der Waals surface area contributed by atoms with Gasteiger partial charge in [-0.2, -0.15) is 0 Å². The molecule has 1 atom stereocenters. The highest BCUT2D eigenvalue weighted by Gasteiger charge is 2.34. The molecular weight excluding hydrogens is 434 g/mol. The van der Waals surface area contributed by atoms with Crippen LogP contribution in [0.2, 0.25) is 0 Å². The molecule has 0 aliphatic carbocycles. The summed E-state index contributed by atoms with van der Waals surface area (Å²) in [7, 11) is 0. The van der Waals surface area contributed by atoms with E-state index in [1.165, 1.54) is 11.4 Å². The van der Waals surface area contributed by atoms with Crippen LogP contribution in [-0.2, 0) is 4.79 Å². The van der Waals surface area contributed by atoms with Crippen molar-refractivity contribution < 1.29 is 4.79 Å². The van der Waals surface area contributed by atoms with Gasteiger partial charge in [-0.25, -0.2) is 4.98 Å². The number of piperazine rings is 1. The molecule has 0 spiro atoms. The molecule has 0 bridgehead atoms. The molecule has 176 valence electrons. The summed E-state index contributed by atoms with van der Waals surface area (Å²) in [6.07, 6.45) is 4.33. The number of imidazole rings is 1. The van der Waals surface area contributed by atoms with Crippen molar-refractivity contribution in [2.45, 2.75) is 19.4 Å². The number of carbonyl (C=O) groups is 1. The van der Waals surface area contributed by atoms with Gasteiger partial charge in [0.1, 0.15) is 0 Å². The fourth-order valence-corrected chi connectivity index (χ4v) is 5.34. The Morgan fingerprint density at radius 2 is 1.51 bits per heavy atom. The van der Waals surface area contributed by atoms with E-state index in [-0.39, 0.29) is 11.9 Å². The summed E-state index contributed by atoms with van der Waals surface area (Å²) in [4.78, 5) is 27.3. The Balaban J connectivity index is 1.22. The number of aromatic amines is 1. The van der Waals surface area contributed by atoms with E-state index in [0.29, 0.717) is 0 Å². The third kappa shape index (κ3) is 3.95. The van der Waals surface area contributed by atoms with Crippen LogP contribution in [-0.4, -0.2) is 42.1 Å².